The van der Waals surface area contributed by atoms with Crippen LogP contribution in [0.15, 0.2) is 42.5 Å². The van der Waals surface area contributed by atoms with Gasteiger partial charge in [-0.15, -0.1) is 0 Å². The number of ether oxygens (including phenoxy) is 1. The van der Waals surface area contributed by atoms with Crippen LogP contribution in [0.3, 0.4) is 0 Å². The predicted molar refractivity (Wildman–Crippen MR) is 128 cm³/mol. The normalized spacial score (nSPS) is 22.9. The van der Waals surface area contributed by atoms with Crippen molar-refractivity contribution in [2.45, 2.75) is 63.1 Å². The maximum absolute atomic E-state index is 13.4. The average Bonchev–Trinajstić information content (AvgIpc) is 3.06. The number of methoxy groups -OCH3 is 1. The van der Waals surface area contributed by atoms with Crippen LogP contribution in [-0.4, -0.2) is 30.2 Å². The Balaban J connectivity index is 1.46. The standard InChI is InChI=1S/C27H29F3N2O4/c1-26(15-16-8-13-21(36-2)20(14-16)27(28,29)30)23(33)22(25(35)32-26)24(34)31-19-11-9-18(10-12-19)17-6-4-3-5-7-17/h8-14,17,22H,3-7,15H2,1-2H3,(H,31,34)(H,32,35). The quantitative estimate of drug-likeness (QED) is 0.544. The van der Waals surface area contributed by atoms with E-state index in [1.54, 1.807) is 12.1 Å². The second-order valence-corrected chi connectivity index (χ2v) is 9.77. The number of halogens is 3. The number of amides is 2. The van der Waals surface area contributed by atoms with Crippen molar-refractivity contribution in [2.75, 3.05) is 12.4 Å². The molecule has 1 saturated carbocycles. The Morgan fingerprint density at radius 2 is 1.75 bits per heavy atom. The fraction of sp³-hybridized carbons (Fsp3) is 0.444. The Morgan fingerprint density at radius 3 is 2.36 bits per heavy atom. The largest absolute Gasteiger partial charge is 0.496 e. The molecule has 2 aromatic carbocycles. The first kappa shape index (κ1) is 25.7. The maximum Gasteiger partial charge on any atom is 0.419 e. The second-order valence-electron chi connectivity index (χ2n) is 9.77. The van der Waals surface area contributed by atoms with E-state index in [0.29, 0.717) is 11.6 Å². The first-order valence-electron chi connectivity index (χ1n) is 12.0. The van der Waals surface area contributed by atoms with Crippen molar-refractivity contribution in [2.24, 2.45) is 5.92 Å². The number of alkyl halides is 3. The molecule has 6 nitrogen and oxygen atoms in total. The van der Waals surface area contributed by atoms with E-state index < -0.39 is 40.8 Å². The average molecular weight is 503 g/mol. The molecule has 2 fully saturated rings. The molecule has 36 heavy (non-hydrogen) atoms. The Hall–Kier alpha value is -3.36. The molecule has 192 valence electrons. The predicted octanol–water partition coefficient (Wildman–Crippen LogP) is 5.02. The van der Waals surface area contributed by atoms with Gasteiger partial charge in [0.1, 0.15) is 11.3 Å². The number of nitrogens with one attached hydrogen (secondary N) is 2. The highest BCUT2D eigenvalue weighted by Gasteiger charge is 2.53. The number of benzene rings is 2. The van der Waals surface area contributed by atoms with E-state index in [0.717, 1.165) is 26.0 Å². The summed E-state index contributed by atoms with van der Waals surface area (Å²) in [5.74, 6) is -3.66. The Morgan fingerprint density at radius 1 is 1.08 bits per heavy atom. The third-order valence-corrected chi connectivity index (χ3v) is 7.11. The zero-order valence-corrected chi connectivity index (χ0v) is 20.2. The van der Waals surface area contributed by atoms with Gasteiger partial charge in [-0.2, -0.15) is 13.2 Å². The van der Waals surface area contributed by atoms with E-state index in [-0.39, 0.29) is 17.7 Å². The minimum atomic E-state index is -4.65. The molecule has 4 rings (SSSR count). The molecule has 0 spiro atoms. The fourth-order valence-electron chi connectivity index (χ4n) is 5.20. The van der Waals surface area contributed by atoms with E-state index in [1.165, 1.54) is 43.9 Å². The molecule has 0 aromatic heterocycles. The van der Waals surface area contributed by atoms with Gasteiger partial charge in [-0.1, -0.05) is 37.5 Å². The molecule has 1 heterocycles. The van der Waals surface area contributed by atoms with Crippen LogP contribution in [-0.2, 0) is 27.0 Å². The highest BCUT2D eigenvalue weighted by Crippen LogP contribution is 2.38. The highest BCUT2D eigenvalue weighted by molar-refractivity contribution is 6.27. The van der Waals surface area contributed by atoms with Gasteiger partial charge in [-0.3, -0.25) is 14.4 Å². The summed E-state index contributed by atoms with van der Waals surface area (Å²) in [6.45, 7) is 1.41. The van der Waals surface area contributed by atoms with Crippen LogP contribution in [0, 0.1) is 5.92 Å². The third-order valence-electron chi connectivity index (χ3n) is 7.11. The number of carbonyl (C=O) groups is 3. The van der Waals surface area contributed by atoms with E-state index in [4.69, 9.17) is 4.74 Å². The summed E-state index contributed by atoms with van der Waals surface area (Å²) in [4.78, 5) is 38.6. The fourth-order valence-corrected chi connectivity index (χ4v) is 5.20. The van der Waals surface area contributed by atoms with Crippen molar-refractivity contribution in [1.82, 2.24) is 5.32 Å². The summed E-state index contributed by atoms with van der Waals surface area (Å²) in [5, 5.41) is 5.16. The molecule has 2 amide bonds. The van der Waals surface area contributed by atoms with E-state index in [1.807, 2.05) is 12.1 Å². The molecule has 1 aliphatic heterocycles. The minimum absolute atomic E-state index is 0.179. The lowest BCUT2D eigenvalue weighted by atomic mass is 9.84. The van der Waals surface area contributed by atoms with Gasteiger partial charge < -0.3 is 15.4 Å². The van der Waals surface area contributed by atoms with Gasteiger partial charge in [0.15, 0.2) is 11.7 Å². The number of rotatable bonds is 6. The number of Topliss-reactive ketones (excluding diaryl/α,β-unsaturated/α-hetero) is 1. The Labute approximate surface area is 207 Å². The lowest BCUT2D eigenvalue weighted by Crippen LogP contribution is -2.45. The zero-order chi connectivity index (χ0) is 26.1. The van der Waals surface area contributed by atoms with Crippen molar-refractivity contribution < 1.29 is 32.3 Å². The molecule has 2 aliphatic rings. The lowest BCUT2D eigenvalue weighted by molar-refractivity contribution is -0.139. The molecule has 2 atom stereocenters. The van der Waals surface area contributed by atoms with Crippen LogP contribution in [0.2, 0.25) is 0 Å². The Bertz CT molecular complexity index is 1160. The third kappa shape index (κ3) is 5.24. The molecule has 0 bridgehead atoms. The topological polar surface area (TPSA) is 84.5 Å². The van der Waals surface area contributed by atoms with Gasteiger partial charge in [0.05, 0.1) is 12.7 Å². The maximum atomic E-state index is 13.4. The van der Waals surface area contributed by atoms with E-state index >= 15 is 0 Å². The van der Waals surface area contributed by atoms with Crippen molar-refractivity contribution in [3.05, 3.63) is 59.2 Å². The monoisotopic (exact) mass is 502 g/mol. The number of hydrogen-bond acceptors (Lipinski definition) is 4. The van der Waals surface area contributed by atoms with Crippen LogP contribution in [0.25, 0.3) is 0 Å². The molecule has 2 aromatic rings. The first-order valence-corrected chi connectivity index (χ1v) is 12.0. The summed E-state index contributed by atoms with van der Waals surface area (Å²) >= 11 is 0. The van der Waals surface area contributed by atoms with Crippen LogP contribution < -0.4 is 15.4 Å². The first-order chi connectivity index (χ1) is 17.0. The molecular formula is C27H29F3N2O4. The molecule has 1 aliphatic carbocycles. The van der Waals surface area contributed by atoms with Gasteiger partial charge in [0, 0.05) is 12.1 Å². The number of carbonyl (C=O) groups excluding carboxylic acids is 3. The number of ketones is 1. The SMILES string of the molecule is COc1ccc(CC2(C)NC(=O)C(C(=O)Nc3ccc(C4CCCCC4)cc3)C2=O)cc1C(F)(F)F. The van der Waals surface area contributed by atoms with Crippen molar-refractivity contribution in [3.63, 3.8) is 0 Å². The summed E-state index contributed by atoms with van der Waals surface area (Å²) in [6.07, 6.45) is 1.08. The minimum Gasteiger partial charge on any atom is -0.496 e. The lowest BCUT2D eigenvalue weighted by Gasteiger charge is -2.23. The molecule has 2 unspecified atom stereocenters. The molecule has 9 heteroatoms. The molecule has 0 radical (unpaired) electrons. The Kier molecular flexibility index (Phi) is 7.11. The summed E-state index contributed by atoms with van der Waals surface area (Å²) in [7, 11) is 1.14. The summed E-state index contributed by atoms with van der Waals surface area (Å²) < 4.78 is 45.0. The molecular weight excluding hydrogens is 473 g/mol. The van der Waals surface area contributed by atoms with Crippen LogP contribution >= 0.6 is 0 Å². The van der Waals surface area contributed by atoms with Gasteiger partial charge in [-0.25, -0.2) is 0 Å². The van der Waals surface area contributed by atoms with Gasteiger partial charge in [0.2, 0.25) is 11.8 Å². The van der Waals surface area contributed by atoms with E-state index in [2.05, 4.69) is 10.6 Å². The summed E-state index contributed by atoms with van der Waals surface area (Å²) in [6, 6.07) is 10.9. The summed E-state index contributed by atoms with van der Waals surface area (Å²) in [5.41, 5.74) is -0.652. The number of anilines is 1. The van der Waals surface area contributed by atoms with Crippen LogP contribution in [0.5, 0.6) is 5.75 Å². The van der Waals surface area contributed by atoms with Gasteiger partial charge >= 0.3 is 6.18 Å². The van der Waals surface area contributed by atoms with E-state index in [9.17, 15) is 27.6 Å². The number of hydrogen-bond donors (Lipinski definition) is 2. The smallest absolute Gasteiger partial charge is 0.419 e. The second kappa shape index (κ2) is 9.95. The van der Waals surface area contributed by atoms with Crippen molar-refractivity contribution >= 4 is 23.3 Å². The van der Waals surface area contributed by atoms with Crippen LogP contribution in [0.4, 0.5) is 18.9 Å². The van der Waals surface area contributed by atoms with Crippen LogP contribution in [0.1, 0.15) is 61.6 Å². The van der Waals surface area contributed by atoms with Gasteiger partial charge in [0.25, 0.3) is 0 Å². The molecule has 2 N–H and O–H groups in total. The van der Waals surface area contributed by atoms with Crippen molar-refractivity contribution in [1.29, 1.82) is 0 Å². The highest BCUT2D eigenvalue weighted by atomic mass is 19.4. The molecule has 1 saturated heterocycles. The zero-order valence-electron chi connectivity index (χ0n) is 20.2. The van der Waals surface area contributed by atoms with Gasteiger partial charge in [-0.05, 0) is 61.1 Å². The van der Waals surface area contributed by atoms with Crippen molar-refractivity contribution in [3.8, 4) is 5.75 Å².